The summed E-state index contributed by atoms with van der Waals surface area (Å²) in [7, 11) is 0. The van der Waals surface area contributed by atoms with E-state index in [9.17, 15) is 4.79 Å². The number of carbonyl (C=O) groups excluding carboxylic acids is 1. The molecule has 2 aromatic carbocycles. The van der Waals surface area contributed by atoms with Crippen LogP contribution in [0.4, 0.5) is 11.4 Å². The Morgan fingerprint density at radius 2 is 1.91 bits per heavy atom. The average Bonchev–Trinajstić information content (AvgIpc) is 2.41. The summed E-state index contributed by atoms with van der Waals surface area (Å²) >= 11 is 3.46. The topological polar surface area (TPSA) is 64.3 Å². The fraction of sp³-hybridized carbons (Fsp3) is 0.235. The Balaban J connectivity index is 2.00. The van der Waals surface area contributed by atoms with Crippen molar-refractivity contribution in [2.45, 2.75) is 20.8 Å². The van der Waals surface area contributed by atoms with E-state index in [4.69, 9.17) is 10.5 Å². The molecule has 0 atom stereocenters. The van der Waals surface area contributed by atoms with Gasteiger partial charge in [0.2, 0.25) is 0 Å². The lowest BCUT2D eigenvalue weighted by Crippen LogP contribution is -2.20. The molecule has 0 bridgehead atoms. The Kier molecular flexibility index (Phi) is 5.08. The van der Waals surface area contributed by atoms with Gasteiger partial charge in [0, 0.05) is 11.4 Å². The minimum absolute atomic E-state index is 0.0592. The molecule has 3 N–H and O–H groups in total. The highest BCUT2D eigenvalue weighted by Crippen LogP contribution is 2.30. The number of nitrogens with one attached hydrogen (secondary N) is 1. The third kappa shape index (κ3) is 4.01. The molecule has 0 saturated heterocycles. The molecule has 0 unspecified atom stereocenters. The number of aryl methyl sites for hydroxylation is 3. The number of nitrogen functional groups attached to an aromatic ring is 1. The second-order valence-corrected chi connectivity index (χ2v) is 6.16. The summed E-state index contributed by atoms with van der Waals surface area (Å²) in [5.74, 6) is 0.458. The van der Waals surface area contributed by atoms with Crippen molar-refractivity contribution in [1.82, 2.24) is 0 Å². The van der Waals surface area contributed by atoms with E-state index in [0.717, 1.165) is 21.2 Å². The lowest BCUT2D eigenvalue weighted by atomic mass is 10.1. The monoisotopic (exact) mass is 362 g/mol. The summed E-state index contributed by atoms with van der Waals surface area (Å²) in [6, 6.07) is 9.39. The van der Waals surface area contributed by atoms with Crippen LogP contribution in [0.25, 0.3) is 0 Å². The predicted octanol–water partition coefficient (Wildman–Crippen LogP) is 3.97. The number of amides is 1. The van der Waals surface area contributed by atoms with Crippen molar-refractivity contribution >= 4 is 33.2 Å². The van der Waals surface area contributed by atoms with Crippen LogP contribution < -0.4 is 15.8 Å². The van der Waals surface area contributed by atoms with E-state index >= 15 is 0 Å². The zero-order valence-electron chi connectivity index (χ0n) is 12.9. The maximum atomic E-state index is 12.0. The van der Waals surface area contributed by atoms with Crippen molar-refractivity contribution < 1.29 is 9.53 Å². The van der Waals surface area contributed by atoms with Gasteiger partial charge < -0.3 is 15.8 Å². The fourth-order valence-corrected chi connectivity index (χ4v) is 2.93. The van der Waals surface area contributed by atoms with Crippen LogP contribution in [0.5, 0.6) is 5.75 Å². The van der Waals surface area contributed by atoms with Gasteiger partial charge in [0.1, 0.15) is 5.75 Å². The second-order valence-electron chi connectivity index (χ2n) is 5.30. The molecule has 2 aromatic rings. The number of ether oxygens (including phenoxy) is 1. The van der Waals surface area contributed by atoms with Gasteiger partial charge in [0.05, 0.1) is 4.47 Å². The standard InChI is InChI=1S/C17H19BrN2O2/c1-10-6-12(3)17(14(18)7-10)22-9-16(21)20-13-5-4-11(2)15(19)8-13/h4-8H,9,19H2,1-3H3,(H,20,21). The molecule has 0 heterocycles. The van der Waals surface area contributed by atoms with E-state index in [1.54, 1.807) is 6.07 Å². The first-order valence-corrected chi connectivity index (χ1v) is 7.71. The maximum Gasteiger partial charge on any atom is 0.262 e. The quantitative estimate of drug-likeness (QED) is 0.808. The van der Waals surface area contributed by atoms with Crippen LogP contribution in [0.3, 0.4) is 0 Å². The van der Waals surface area contributed by atoms with Gasteiger partial charge in [-0.2, -0.15) is 0 Å². The number of benzene rings is 2. The summed E-state index contributed by atoms with van der Waals surface area (Å²) in [5.41, 5.74) is 10.2. The van der Waals surface area contributed by atoms with Crippen molar-refractivity contribution in [2.75, 3.05) is 17.7 Å². The van der Waals surface area contributed by atoms with E-state index in [1.165, 1.54) is 0 Å². The highest BCUT2D eigenvalue weighted by atomic mass is 79.9. The Morgan fingerprint density at radius 1 is 1.18 bits per heavy atom. The van der Waals surface area contributed by atoms with Crippen molar-refractivity contribution in [3.8, 4) is 5.75 Å². The zero-order valence-corrected chi connectivity index (χ0v) is 14.5. The SMILES string of the molecule is Cc1cc(C)c(OCC(=O)Nc2ccc(C)c(N)c2)c(Br)c1. The molecule has 1 amide bonds. The van der Waals surface area contributed by atoms with E-state index in [-0.39, 0.29) is 12.5 Å². The molecule has 5 heteroatoms. The molecule has 0 spiro atoms. The minimum Gasteiger partial charge on any atom is -0.482 e. The highest BCUT2D eigenvalue weighted by molar-refractivity contribution is 9.10. The van der Waals surface area contributed by atoms with Crippen LogP contribution in [0, 0.1) is 20.8 Å². The Bertz CT molecular complexity index is 691. The fourth-order valence-electron chi connectivity index (χ4n) is 2.14. The third-order valence-electron chi connectivity index (χ3n) is 3.28. The third-order valence-corrected chi connectivity index (χ3v) is 3.87. The predicted molar refractivity (Wildman–Crippen MR) is 93.3 cm³/mol. The number of hydrogen-bond acceptors (Lipinski definition) is 3. The number of rotatable bonds is 4. The zero-order chi connectivity index (χ0) is 16.3. The average molecular weight is 363 g/mol. The van der Waals surface area contributed by atoms with Gasteiger partial charge in [0.15, 0.2) is 6.61 Å². The molecule has 0 fully saturated rings. The largest absolute Gasteiger partial charge is 0.482 e. The molecule has 0 saturated carbocycles. The minimum atomic E-state index is -0.227. The van der Waals surface area contributed by atoms with E-state index in [1.807, 2.05) is 45.0 Å². The Hall–Kier alpha value is -2.01. The second kappa shape index (κ2) is 6.83. The Labute approximate surface area is 138 Å². The number of nitrogens with two attached hydrogens (primary N) is 1. The number of anilines is 2. The van der Waals surface area contributed by atoms with Crippen LogP contribution in [0.2, 0.25) is 0 Å². The van der Waals surface area contributed by atoms with Crippen molar-refractivity contribution in [2.24, 2.45) is 0 Å². The normalized spacial score (nSPS) is 10.4. The summed E-state index contributed by atoms with van der Waals surface area (Å²) in [4.78, 5) is 12.0. The van der Waals surface area contributed by atoms with Crippen LogP contribution in [0.1, 0.15) is 16.7 Å². The van der Waals surface area contributed by atoms with Crippen LogP contribution >= 0.6 is 15.9 Å². The molecule has 0 aliphatic carbocycles. The van der Waals surface area contributed by atoms with E-state index in [0.29, 0.717) is 17.1 Å². The van der Waals surface area contributed by atoms with Gasteiger partial charge in [-0.1, -0.05) is 12.1 Å². The number of hydrogen-bond donors (Lipinski definition) is 2. The van der Waals surface area contributed by atoms with E-state index < -0.39 is 0 Å². The van der Waals surface area contributed by atoms with Gasteiger partial charge in [-0.15, -0.1) is 0 Å². The van der Waals surface area contributed by atoms with Gasteiger partial charge in [-0.25, -0.2) is 0 Å². The summed E-state index contributed by atoms with van der Waals surface area (Å²) in [5, 5.41) is 2.77. The van der Waals surface area contributed by atoms with Crippen molar-refractivity contribution in [3.63, 3.8) is 0 Å². The molecule has 22 heavy (non-hydrogen) atoms. The van der Waals surface area contributed by atoms with Crippen LogP contribution in [-0.4, -0.2) is 12.5 Å². The molecule has 4 nitrogen and oxygen atoms in total. The first kappa shape index (κ1) is 16.4. The molecule has 0 aromatic heterocycles. The first-order valence-electron chi connectivity index (χ1n) is 6.92. The lowest BCUT2D eigenvalue weighted by molar-refractivity contribution is -0.118. The van der Waals surface area contributed by atoms with Gasteiger partial charge in [0.25, 0.3) is 5.91 Å². The van der Waals surface area contributed by atoms with Gasteiger partial charge in [-0.05, 0) is 71.6 Å². The summed E-state index contributed by atoms with van der Waals surface area (Å²) < 4.78 is 6.47. The molecular weight excluding hydrogens is 344 g/mol. The molecular formula is C17H19BrN2O2. The number of carbonyl (C=O) groups is 1. The summed E-state index contributed by atoms with van der Waals surface area (Å²) in [6.45, 7) is 5.82. The first-order chi connectivity index (χ1) is 10.4. The van der Waals surface area contributed by atoms with Gasteiger partial charge >= 0.3 is 0 Å². The van der Waals surface area contributed by atoms with Gasteiger partial charge in [-0.3, -0.25) is 4.79 Å². The Morgan fingerprint density at radius 3 is 2.55 bits per heavy atom. The van der Waals surface area contributed by atoms with Crippen molar-refractivity contribution in [1.29, 1.82) is 0 Å². The van der Waals surface area contributed by atoms with Crippen molar-refractivity contribution in [3.05, 3.63) is 51.5 Å². The lowest BCUT2D eigenvalue weighted by Gasteiger charge is -2.12. The molecule has 0 radical (unpaired) electrons. The molecule has 2 rings (SSSR count). The number of halogens is 1. The van der Waals surface area contributed by atoms with E-state index in [2.05, 4.69) is 21.2 Å². The maximum absolute atomic E-state index is 12.0. The highest BCUT2D eigenvalue weighted by Gasteiger charge is 2.10. The molecule has 0 aliphatic rings. The van der Waals surface area contributed by atoms with Crippen LogP contribution in [-0.2, 0) is 4.79 Å². The molecule has 0 aliphatic heterocycles. The smallest absolute Gasteiger partial charge is 0.262 e. The van der Waals surface area contributed by atoms with Crippen LogP contribution in [0.15, 0.2) is 34.8 Å². The molecule has 116 valence electrons. The summed E-state index contributed by atoms with van der Waals surface area (Å²) in [6.07, 6.45) is 0.